The van der Waals surface area contributed by atoms with E-state index >= 15 is 0 Å². The van der Waals surface area contributed by atoms with Gasteiger partial charge < -0.3 is 14.9 Å². The minimum Gasteiger partial charge on any atom is -0.504 e. The molecule has 0 aliphatic carbocycles. The quantitative estimate of drug-likeness (QED) is 0.285. The number of phenolic OH excluding ortho intramolecular Hbond substituents is 2. The molecule has 0 saturated carbocycles. The molecule has 3 nitrogen and oxygen atoms in total. The Hall–Kier alpha value is -1.38. The van der Waals surface area contributed by atoms with Crippen LogP contribution in [0.4, 0.5) is 0 Å². The van der Waals surface area contributed by atoms with E-state index in [0.29, 0.717) is 12.4 Å². The van der Waals surface area contributed by atoms with E-state index in [-0.39, 0.29) is 11.5 Å². The molecule has 0 amide bonds. The summed E-state index contributed by atoms with van der Waals surface area (Å²) in [6.45, 7) is 9.25. The highest BCUT2D eigenvalue weighted by Crippen LogP contribution is 2.45. The first-order chi connectivity index (χ1) is 12.6. The van der Waals surface area contributed by atoms with Gasteiger partial charge in [-0.25, -0.2) is 0 Å². The smallest absolute Gasteiger partial charge is 0.201 e. The molecule has 0 aliphatic rings. The lowest BCUT2D eigenvalue weighted by Gasteiger charge is -2.22. The van der Waals surface area contributed by atoms with Gasteiger partial charge >= 0.3 is 0 Å². The van der Waals surface area contributed by atoms with E-state index in [2.05, 4.69) is 27.7 Å². The van der Waals surface area contributed by atoms with E-state index < -0.39 is 0 Å². The van der Waals surface area contributed by atoms with Crippen molar-refractivity contribution in [1.82, 2.24) is 0 Å². The molecule has 1 aromatic carbocycles. The van der Waals surface area contributed by atoms with Crippen molar-refractivity contribution in [2.24, 2.45) is 0 Å². The summed E-state index contributed by atoms with van der Waals surface area (Å²) in [5, 5.41) is 21.2. The molecule has 3 heteroatoms. The van der Waals surface area contributed by atoms with Crippen molar-refractivity contribution in [1.29, 1.82) is 0 Å². The second-order valence-electron chi connectivity index (χ2n) is 7.33. The van der Waals surface area contributed by atoms with E-state index in [9.17, 15) is 10.2 Å². The van der Waals surface area contributed by atoms with Crippen LogP contribution >= 0.6 is 0 Å². The number of rotatable bonds is 14. The Morgan fingerprint density at radius 2 is 1.12 bits per heavy atom. The highest BCUT2D eigenvalue weighted by Gasteiger charge is 2.23. The maximum atomic E-state index is 10.6. The number of ether oxygens (including phenoxy) is 1. The zero-order chi connectivity index (χ0) is 19.4. The van der Waals surface area contributed by atoms with Crippen molar-refractivity contribution in [3.05, 3.63) is 16.7 Å². The number of benzene rings is 1. The van der Waals surface area contributed by atoms with Gasteiger partial charge in [-0.3, -0.25) is 0 Å². The average molecular weight is 365 g/mol. The largest absolute Gasteiger partial charge is 0.504 e. The first kappa shape index (κ1) is 22.7. The highest BCUT2D eigenvalue weighted by atomic mass is 16.5. The molecule has 0 aromatic heterocycles. The molecular formula is C23H40O3. The standard InChI is InChI=1S/C23H40O3/c1-5-9-10-11-12-13-17-26-23-20(16-8-4)18(14-6-2)19(15-7-3)21(24)22(23)25/h24-25H,5-17H2,1-4H3. The van der Waals surface area contributed by atoms with Crippen LogP contribution in [-0.4, -0.2) is 16.8 Å². The lowest BCUT2D eigenvalue weighted by Crippen LogP contribution is -2.07. The van der Waals surface area contributed by atoms with Crippen LogP contribution in [0.1, 0.15) is 102 Å². The Morgan fingerprint density at radius 3 is 1.73 bits per heavy atom. The summed E-state index contributed by atoms with van der Waals surface area (Å²) in [6, 6.07) is 0. The summed E-state index contributed by atoms with van der Waals surface area (Å²) in [6.07, 6.45) is 12.8. The number of hydrogen-bond acceptors (Lipinski definition) is 3. The number of phenols is 2. The van der Waals surface area contributed by atoms with Crippen LogP contribution in [0.25, 0.3) is 0 Å². The van der Waals surface area contributed by atoms with Gasteiger partial charge in [0.2, 0.25) is 5.75 Å². The van der Waals surface area contributed by atoms with Crippen LogP contribution in [0.3, 0.4) is 0 Å². The zero-order valence-corrected chi connectivity index (χ0v) is 17.5. The monoisotopic (exact) mass is 364 g/mol. The maximum Gasteiger partial charge on any atom is 0.201 e. The Bertz CT molecular complexity index is 523. The summed E-state index contributed by atoms with van der Waals surface area (Å²) >= 11 is 0. The van der Waals surface area contributed by atoms with Gasteiger partial charge in [0.1, 0.15) is 0 Å². The number of hydrogen-bond donors (Lipinski definition) is 2. The van der Waals surface area contributed by atoms with Gasteiger partial charge in [-0.1, -0.05) is 79.1 Å². The molecule has 150 valence electrons. The summed E-state index contributed by atoms with van der Waals surface area (Å²) < 4.78 is 6.02. The van der Waals surface area contributed by atoms with Crippen molar-refractivity contribution < 1.29 is 14.9 Å². The summed E-state index contributed by atoms with van der Waals surface area (Å²) in [4.78, 5) is 0. The summed E-state index contributed by atoms with van der Waals surface area (Å²) in [7, 11) is 0. The molecule has 26 heavy (non-hydrogen) atoms. The predicted octanol–water partition coefficient (Wildman–Crippen LogP) is 6.69. The van der Waals surface area contributed by atoms with E-state index in [1.54, 1.807) is 0 Å². The van der Waals surface area contributed by atoms with Gasteiger partial charge in [-0.15, -0.1) is 0 Å². The second-order valence-corrected chi connectivity index (χ2v) is 7.33. The topological polar surface area (TPSA) is 49.7 Å². The van der Waals surface area contributed by atoms with Crippen molar-refractivity contribution in [2.45, 2.75) is 105 Å². The van der Waals surface area contributed by atoms with Crippen LogP contribution in [0.5, 0.6) is 17.2 Å². The van der Waals surface area contributed by atoms with Crippen molar-refractivity contribution >= 4 is 0 Å². The van der Waals surface area contributed by atoms with E-state index in [1.165, 1.54) is 31.2 Å². The minimum absolute atomic E-state index is 0.0353. The molecule has 0 fully saturated rings. The molecule has 2 N–H and O–H groups in total. The summed E-state index contributed by atoms with van der Waals surface area (Å²) in [5.41, 5.74) is 3.23. The predicted molar refractivity (Wildman–Crippen MR) is 111 cm³/mol. The molecule has 0 aliphatic heterocycles. The van der Waals surface area contributed by atoms with Gasteiger partial charge in [0.05, 0.1) is 6.61 Å². The fraction of sp³-hybridized carbons (Fsp3) is 0.739. The molecule has 0 atom stereocenters. The minimum atomic E-state index is -0.0530. The van der Waals surface area contributed by atoms with Gasteiger partial charge in [-0.05, 0) is 31.2 Å². The van der Waals surface area contributed by atoms with E-state index in [1.807, 2.05) is 0 Å². The highest BCUT2D eigenvalue weighted by molar-refractivity contribution is 5.62. The normalized spacial score (nSPS) is 11.1. The first-order valence-electron chi connectivity index (χ1n) is 10.8. The molecule has 0 unspecified atom stereocenters. The van der Waals surface area contributed by atoms with Gasteiger partial charge in [-0.2, -0.15) is 0 Å². The average Bonchev–Trinajstić information content (AvgIpc) is 2.63. The molecule has 0 spiro atoms. The van der Waals surface area contributed by atoms with E-state index in [0.717, 1.165) is 62.5 Å². The Labute approximate surface area is 160 Å². The number of unbranched alkanes of at least 4 members (excludes halogenated alkanes) is 5. The molecule has 1 aromatic rings. The van der Waals surface area contributed by atoms with Crippen LogP contribution in [0.15, 0.2) is 0 Å². The third-order valence-corrected chi connectivity index (χ3v) is 4.97. The van der Waals surface area contributed by atoms with E-state index in [4.69, 9.17) is 4.74 Å². The Morgan fingerprint density at radius 1 is 0.577 bits per heavy atom. The fourth-order valence-corrected chi connectivity index (χ4v) is 3.65. The number of aromatic hydroxyl groups is 2. The first-order valence-corrected chi connectivity index (χ1v) is 10.8. The Kier molecular flexibility index (Phi) is 11.2. The van der Waals surface area contributed by atoms with Gasteiger partial charge in [0.15, 0.2) is 11.5 Å². The molecule has 0 saturated heterocycles. The Balaban J connectivity index is 2.97. The molecule has 1 rings (SSSR count). The fourth-order valence-electron chi connectivity index (χ4n) is 3.65. The van der Waals surface area contributed by atoms with Crippen molar-refractivity contribution in [3.8, 4) is 17.2 Å². The third-order valence-electron chi connectivity index (χ3n) is 4.97. The van der Waals surface area contributed by atoms with Crippen molar-refractivity contribution in [2.75, 3.05) is 6.61 Å². The maximum absolute atomic E-state index is 10.6. The van der Waals surface area contributed by atoms with Crippen LogP contribution < -0.4 is 4.74 Å². The summed E-state index contributed by atoms with van der Waals surface area (Å²) in [5.74, 6) is 0.511. The second kappa shape index (κ2) is 12.9. The lowest BCUT2D eigenvalue weighted by atomic mass is 9.90. The molecule has 0 heterocycles. The van der Waals surface area contributed by atoms with Crippen molar-refractivity contribution in [3.63, 3.8) is 0 Å². The van der Waals surface area contributed by atoms with Gasteiger partial charge in [0, 0.05) is 11.1 Å². The molecular weight excluding hydrogens is 324 g/mol. The lowest BCUT2D eigenvalue weighted by molar-refractivity contribution is 0.279. The van der Waals surface area contributed by atoms with Gasteiger partial charge in [0.25, 0.3) is 0 Å². The third kappa shape index (κ3) is 6.41. The molecule has 0 radical (unpaired) electrons. The zero-order valence-electron chi connectivity index (χ0n) is 17.5. The van der Waals surface area contributed by atoms with Crippen LogP contribution in [0.2, 0.25) is 0 Å². The van der Waals surface area contributed by atoms with Crippen LogP contribution in [0, 0.1) is 0 Å². The molecule has 0 bridgehead atoms. The SMILES string of the molecule is CCCCCCCCOc1c(O)c(O)c(CCC)c(CCC)c1CCC. The van der Waals surface area contributed by atoms with Crippen LogP contribution in [-0.2, 0) is 19.3 Å².